The largest absolute Gasteiger partial charge is 0.497 e. The molecule has 0 fully saturated rings. The van der Waals surface area contributed by atoms with Gasteiger partial charge >= 0.3 is 0 Å². The maximum atomic E-state index is 10.5. The number of aromatic nitrogens is 1. The van der Waals surface area contributed by atoms with Gasteiger partial charge in [0.1, 0.15) is 30.0 Å². The number of benzene rings is 1. The highest BCUT2D eigenvalue weighted by atomic mass is 16.5. The number of fused-ring (bicyclic) bond motifs is 1. The van der Waals surface area contributed by atoms with Crippen molar-refractivity contribution in [3.8, 4) is 11.5 Å². The molecule has 1 heterocycles. The third-order valence-corrected chi connectivity index (χ3v) is 5.09. The van der Waals surface area contributed by atoms with Crippen LogP contribution in [0.5, 0.6) is 11.5 Å². The Kier molecular flexibility index (Phi) is 5.96. The number of aliphatic hydroxyl groups excluding tert-OH is 1. The van der Waals surface area contributed by atoms with Gasteiger partial charge in [-0.15, -0.1) is 0 Å². The van der Waals surface area contributed by atoms with Gasteiger partial charge in [-0.05, 0) is 67.0 Å². The fourth-order valence-electron chi connectivity index (χ4n) is 3.51. The van der Waals surface area contributed by atoms with Crippen molar-refractivity contribution in [3.05, 3.63) is 47.7 Å². The molecule has 2 aromatic rings. The Balaban J connectivity index is 1.62. The lowest BCUT2D eigenvalue weighted by Gasteiger charge is -2.27. The van der Waals surface area contributed by atoms with E-state index in [0.717, 1.165) is 31.4 Å². The van der Waals surface area contributed by atoms with Crippen LogP contribution in [0, 0.1) is 5.92 Å². The third kappa shape index (κ3) is 4.45. The summed E-state index contributed by atoms with van der Waals surface area (Å²) in [6, 6.07) is 9.27. The predicted octanol–water partition coefficient (Wildman–Crippen LogP) is 1.93. The fraction of sp³-hybridized carbons (Fsp3) is 0.450. The Morgan fingerprint density at radius 2 is 2.04 bits per heavy atom. The minimum absolute atomic E-state index is 0.133. The summed E-state index contributed by atoms with van der Waals surface area (Å²) in [5.41, 5.74) is 14.5. The number of aryl methyl sites for hydroxylation is 1. The first kappa shape index (κ1) is 18.5. The minimum Gasteiger partial charge on any atom is -0.497 e. The second-order valence-corrected chi connectivity index (χ2v) is 6.87. The molecule has 0 radical (unpaired) electrons. The molecular formula is C20H27N3O3. The molecule has 1 aromatic carbocycles. The van der Waals surface area contributed by atoms with Gasteiger partial charge in [0.15, 0.2) is 0 Å². The number of hydrogen-bond donors (Lipinski definition) is 3. The molecule has 3 atom stereocenters. The minimum atomic E-state index is -0.746. The molecule has 0 bridgehead atoms. The molecule has 2 unspecified atom stereocenters. The molecule has 1 aliphatic carbocycles. The Morgan fingerprint density at radius 3 is 2.77 bits per heavy atom. The van der Waals surface area contributed by atoms with Gasteiger partial charge in [-0.25, -0.2) is 4.98 Å². The molecule has 1 aromatic heterocycles. The second-order valence-electron chi connectivity index (χ2n) is 6.87. The van der Waals surface area contributed by atoms with Crippen LogP contribution in [0.25, 0.3) is 0 Å². The van der Waals surface area contributed by atoms with Gasteiger partial charge in [0.05, 0.1) is 13.3 Å². The van der Waals surface area contributed by atoms with E-state index in [0.29, 0.717) is 11.6 Å². The van der Waals surface area contributed by atoms with Crippen LogP contribution >= 0.6 is 0 Å². The number of rotatable bonds is 6. The molecule has 0 saturated heterocycles. The maximum Gasteiger partial charge on any atom is 0.137 e. The second kappa shape index (κ2) is 8.38. The van der Waals surface area contributed by atoms with Gasteiger partial charge < -0.3 is 26.0 Å². The molecule has 3 rings (SSSR count). The van der Waals surface area contributed by atoms with Crippen molar-refractivity contribution in [2.45, 2.75) is 37.8 Å². The number of aliphatic hydroxyl groups is 1. The van der Waals surface area contributed by atoms with Crippen molar-refractivity contribution in [2.75, 3.05) is 19.5 Å². The highest BCUT2D eigenvalue weighted by molar-refractivity contribution is 5.37. The lowest BCUT2D eigenvalue weighted by Crippen LogP contribution is -2.45. The van der Waals surface area contributed by atoms with Gasteiger partial charge in [-0.2, -0.15) is 0 Å². The van der Waals surface area contributed by atoms with Crippen molar-refractivity contribution in [1.29, 1.82) is 0 Å². The number of nitrogen functional groups attached to an aromatic ring is 1. The lowest BCUT2D eigenvalue weighted by molar-refractivity contribution is 0.0643. The summed E-state index contributed by atoms with van der Waals surface area (Å²) >= 11 is 0. The first-order chi connectivity index (χ1) is 12.6. The predicted molar refractivity (Wildman–Crippen MR) is 101 cm³/mol. The van der Waals surface area contributed by atoms with Crippen LogP contribution in [0.2, 0.25) is 0 Å². The molecule has 0 saturated carbocycles. The molecule has 1 aliphatic rings. The van der Waals surface area contributed by atoms with Crippen molar-refractivity contribution >= 4 is 5.82 Å². The number of ether oxygens (including phenoxy) is 2. The fourth-order valence-corrected chi connectivity index (χ4v) is 3.51. The van der Waals surface area contributed by atoms with Gasteiger partial charge in [-0.1, -0.05) is 6.07 Å². The molecule has 26 heavy (non-hydrogen) atoms. The summed E-state index contributed by atoms with van der Waals surface area (Å²) in [7, 11) is 1.68. The van der Waals surface area contributed by atoms with Crippen molar-refractivity contribution < 1.29 is 14.6 Å². The molecule has 5 N–H and O–H groups in total. The molecule has 0 amide bonds. The Morgan fingerprint density at radius 1 is 1.23 bits per heavy atom. The lowest BCUT2D eigenvalue weighted by atomic mass is 9.87. The Labute approximate surface area is 154 Å². The Hall–Kier alpha value is -2.31. The number of hydrogen-bond acceptors (Lipinski definition) is 6. The van der Waals surface area contributed by atoms with Crippen LogP contribution in [0.1, 0.15) is 24.0 Å². The van der Waals surface area contributed by atoms with Crippen LogP contribution in [0.3, 0.4) is 0 Å². The SMILES string of the molecule is COc1ccc2c(c1)CC(C(N)[C@@H](O)COc1ccc(N)nc1)CCC2. The summed E-state index contributed by atoms with van der Waals surface area (Å²) in [4.78, 5) is 3.97. The zero-order valence-corrected chi connectivity index (χ0v) is 15.1. The molecular weight excluding hydrogens is 330 g/mol. The van der Waals surface area contributed by atoms with Crippen LogP contribution in [-0.2, 0) is 12.8 Å². The molecule has 140 valence electrons. The highest BCUT2D eigenvalue weighted by Gasteiger charge is 2.28. The Bertz CT molecular complexity index is 721. The third-order valence-electron chi connectivity index (χ3n) is 5.09. The normalized spacial score (nSPS) is 19.1. The average molecular weight is 357 g/mol. The molecule has 0 aliphatic heterocycles. The van der Waals surface area contributed by atoms with Crippen LogP contribution in [0.15, 0.2) is 36.5 Å². The highest BCUT2D eigenvalue weighted by Crippen LogP contribution is 2.29. The van der Waals surface area contributed by atoms with E-state index in [1.807, 2.05) is 6.07 Å². The van der Waals surface area contributed by atoms with Crippen molar-refractivity contribution in [3.63, 3.8) is 0 Å². The summed E-state index contributed by atoms with van der Waals surface area (Å²) in [5, 5.41) is 10.5. The van der Waals surface area contributed by atoms with E-state index < -0.39 is 6.10 Å². The van der Waals surface area contributed by atoms with Crippen LogP contribution < -0.4 is 20.9 Å². The van der Waals surface area contributed by atoms with E-state index in [-0.39, 0.29) is 18.6 Å². The monoisotopic (exact) mass is 357 g/mol. The van der Waals surface area contributed by atoms with Gasteiger partial charge in [0.25, 0.3) is 0 Å². The van der Waals surface area contributed by atoms with E-state index in [9.17, 15) is 5.11 Å². The van der Waals surface area contributed by atoms with Gasteiger partial charge in [0.2, 0.25) is 0 Å². The first-order valence-electron chi connectivity index (χ1n) is 9.00. The van der Waals surface area contributed by atoms with E-state index in [1.165, 1.54) is 11.1 Å². The number of nitrogens with zero attached hydrogens (tertiary/aromatic N) is 1. The quantitative estimate of drug-likeness (QED) is 0.683. The summed E-state index contributed by atoms with van der Waals surface area (Å²) in [6.07, 6.45) is 4.72. The smallest absolute Gasteiger partial charge is 0.137 e. The first-order valence-corrected chi connectivity index (χ1v) is 9.00. The van der Waals surface area contributed by atoms with E-state index in [2.05, 4.69) is 17.1 Å². The maximum absolute atomic E-state index is 10.5. The van der Waals surface area contributed by atoms with Crippen LogP contribution in [0.4, 0.5) is 5.82 Å². The molecule has 0 spiro atoms. The zero-order chi connectivity index (χ0) is 18.5. The summed E-state index contributed by atoms with van der Waals surface area (Å²) < 4.78 is 10.9. The number of pyridine rings is 1. The standard InChI is InChI=1S/C20H27N3O3/c1-25-16-6-5-13-3-2-4-14(9-15(13)10-16)20(22)18(24)12-26-17-7-8-19(21)23-11-17/h5-8,10-11,14,18,20,24H,2-4,9,12,22H2,1H3,(H2,21,23)/t14?,18-,20?/m0/s1. The van der Waals surface area contributed by atoms with Crippen molar-refractivity contribution in [2.24, 2.45) is 11.7 Å². The zero-order valence-electron chi connectivity index (χ0n) is 15.1. The number of methoxy groups -OCH3 is 1. The molecule has 6 heteroatoms. The van der Waals surface area contributed by atoms with E-state index >= 15 is 0 Å². The topological polar surface area (TPSA) is 104 Å². The van der Waals surface area contributed by atoms with Gasteiger partial charge in [0, 0.05) is 6.04 Å². The van der Waals surface area contributed by atoms with E-state index in [4.69, 9.17) is 20.9 Å². The van der Waals surface area contributed by atoms with E-state index in [1.54, 1.807) is 25.4 Å². The average Bonchev–Trinajstić information content (AvgIpc) is 2.88. The summed E-state index contributed by atoms with van der Waals surface area (Å²) in [5.74, 6) is 2.06. The van der Waals surface area contributed by atoms with Crippen molar-refractivity contribution in [1.82, 2.24) is 4.98 Å². The number of nitrogens with two attached hydrogens (primary N) is 2. The number of anilines is 1. The summed E-state index contributed by atoms with van der Waals surface area (Å²) in [6.45, 7) is 0.133. The van der Waals surface area contributed by atoms with Gasteiger partial charge in [-0.3, -0.25) is 0 Å². The molecule has 6 nitrogen and oxygen atoms in total. The van der Waals surface area contributed by atoms with Crippen LogP contribution in [-0.4, -0.2) is 36.0 Å².